The first-order valence-electron chi connectivity index (χ1n) is 7.12. The van der Waals surface area contributed by atoms with Crippen LogP contribution in [0.5, 0.6) is 0 Å². The van der Waals surface area contributed by atoms with Crippen LogP contribution in [0.2, 0.25) is 0 Å². The van der Waals surface area contributed by atoms with E-state index in [0.29, 0.717) is 13.1 Å². The van der Waals surface area contributed by atoms with Gasteiger partial charge in [-0.05, 0) is 24.8 Å². The van der Waals surface area contributed by atoms with Crippen LogP contribution in [0.3, 0.4) is 0 Å². The van der Waals surface area contributed by atoms with Crippen molar-refractivity contribution < 1.29 is 4.79 Å². The predicted molar refractivity (Wildman–Crippen MR) is 74.5 cm³/mol. The second-order valence-corrected chi connectivity index (χ2v) is 5.57. The molecule has 0 aliphatic heterocycles. The van der Waals surface area contributed by atoms with E-state index < -0.39 is 0 Å². The summed E-state index contributed by atoms with van der Waals surface area (Å²) >= 11 is 0. The summed E-state index contributed by atoms with van der Waals surface area (Å²) in [5, 5.41) is 7.16. The van der Waals surface area contributed by atoms with Crippen molar-refractivity contribution in [3.63, 3.8) is 0 Å². The number of amides is 1. The van der Waals surface area contributed by atoms with Gasteiger partial charge in [-0.3, -0.25) is 9.48 Å². The van der Waals surface area contributed by atoms with Crippen molar-refractivity contribution >= 4 is 5.91 Å². The lowest BCUT2D eigenvalue weighted by Crippen LogP contribution is -2.47. The third-order valence-electron chi connectivity index (χ3n) is 4.14. The third kappa shape index (κ3) is 3.35. The quantitative estimate of drug-likeness (QED) is 0.833. The van der Waals surface area contributed by atoms with Gasteiger partial charge in [0.25, 0.3) is 0 Å². The molecule has 0 atom stereocenters. The van der Waals surface area contributed by atoms with Gasteiger partial charge in [0.15, 0.2) is 0 Å². The summed E-state index contributed by atoms with van der Waals surface area (Å²) in [7, 11) is 1.90. The molecule has 1 saturated carbocycles. The Labute approximate surface area is 114 Å². The summed E-state index contributed by atoms with van der Waals surface area (Å²) in [6, 6.07) is 0. The van der Waals surface area contributed by atoms with Gasteiger partial charge in [0, 0.05) is 26.3 Å². The van der Waals surface area contributed by atoms with Gasteiger partial charge >= 0.3 is 0 Å². The van der Waals surface area contributed by atoms with Gasteiger partial charge in [-0.2, -0.15) is 5.10 Å². The van der Waals surface area contributed by atoms with Crippen molar-refractivity contribution in [3.05, 3.63) is 18.0 Å². The number of rotatable bonds is 5. The number of aryl methyl sites for hydroxylation is 1. The number of nitrogens with two attached hydrogens (primary N) is 1. The maximum atomic E-state index is 12.3. The van der Waals surface area contributed by atoms with Crippen molar-refractivity contribution in [2.24, 2.45) is 18.2 Å². The summed E-state index contributed by atoms with van der Waals surface area (Å²) in [6.45, 7) is 1.12. The van der Waals surface area contributed by atoms with Gasteiger partial charge in [-0.1, -0.05) is 19.3 Å². The lowest BCUT2D eigenvalue weighted by molar-refractivity contribution is -0.132. The fourth-order valence-electron chi connectivity index (χ4n) is 2.86. The van der Waals surface area contributed by atoms with E-state index >= 15 is 0 Å². The minimum atomic E-state index is -0.312. The molecule has 0 saturated heterocycles. The Bertz CT molecular complexity index is 421. The van der Waals surface area contributed by atoms with Crippen LogP contribution in [0, 0.1) is 5.41 Å². The fraction of sp³-hybridized carbons (Fsp3) is 0.714. The molecule has 1 amide bonds. The second-order valence-electron chi connectivity index (χ2n) is 5.57. The maximum absolute atomic E-state index is 12.3. The molecule has 0 aromatic carbocycles. The molecule has 2 rings (SSSR count). The average Bonchev–Trinajstić information content (AvgIpc) is 2.85. The van der Waals surface area contributed by atoms with Gasteiger partial charge < -0.3 is 11.1 Å². The van der Waals surface area contributed by atoms with Crippen LogP contribution in [0.4, 0.5) is 0 Å². The SMILES string of the molecule is Cn1cc(CCNC(=O)C2(CN)CCCCC2)cn1. The summed E-state index contributed by atoms with van der Waals surface area (Å²) in [6.07, 6.45) is 9.97. The van der Waals surface area contributed by atoms with E-state index in [4.69, 9.17) is 5.73 Å². The van der Waals surface area contributed by atoms with Crippen LogP contribution >= 0.6 is 0 Å². The Morgan fingerprint density at radius 3 is 2.79 bits per heavy atom. The monoisotopic (exact) mass is 264 g/mol. The van der Waals surface area contributed by atoms with Crippen LogP contribution in [0.15, 0.2) is 12.4 Å². The van der Waals surface area contributed by atoms with E-state index in [1.807, 2.05) is 19.4 Å². The Hall–Kier alpha value is -1.36. The number of nitrogens with zero attached hydrogens (tertiary/aromatic N) is 2. The molecule has 1 aromatic rings. The highest BCUT2D eigenvalue weighted by Gasteiger charge is 2.37. The van der Waals surface area contributed by atoms with Gasteiger partial charge in [0.05, 0.1) is 11.6 Å². The third-order valence-corrected chi connectivity index (χ3v) is 4.14. The minimum Gasteiger partial charge on any atom is -0.355 e. The highest BCUT2D eigenvalue weighted by Crippen LogP contribution is 2.35. The van der Waals surface area contributed by atoms with Crippen LogP contribution in [-0.4, -0.2) is 28.8 Å². The van der Waals surface area contributed by atoms with Crippen molar-refractivity contribution in [1.82, 2.24) is 15.1 Å². The molecule has 1 fully saturated rings. The Balaban J connectivity index is 1.82. The highest BCUT2D eigenvalue weighted by molar-refractivity contribution is 5.83. The molecule has 3 N–H and O–H groups in total. The van der Waals surface area contributed by atoms with Crippen LogP contribution in [-0.2, 0) is 18.3 Å². The molecular weight excluding hydrogens is 240 g/mol. The molecule has 1 aromatic heterocycles. The van der Waals surface area contributed by atoms with Crippen LogP contribution < -0.4 is 11.1 Å². The van der Waals surface area contributed by atoms with E-state index in [2.05, 4.69) is 10.4 Å². The maximum Gasteiger partial charge on any atom is 0.227 e. The van der Waals surface area contributed by atoms with Crippen molar-refractivity contribution in [1.29, 1.82) is 0 Å². The molecule has 106 valence electrons. The molecule has 19 heavy (non-hydrogen) atoms. The number of aromatic nitrogens is 2. The van der Waals surface area contributed by atoms with E-state index in [1.54, 1.807) is 4.68 Å². The molecule has 0 radical (unpaired) electrons. The second kappa shape index (κ2) is 6.19. The average molecular weight is 264 g/mol. The van der Waals surface area contributed by atoms with Gasteiger partial charge in [0.1, 0.15) is 0 Å². The number of hydrogen-bond donors (Lipinski definition) is 2. The zero-order valence-electron chi connectivity index (χ0n) is 11.7. The molecule has 5 heteroatoms. The normalized spacial score (nSPS) is 18.2. The van der Waals surface area contributed by atoms with Crippen molar-refractivity contribution in [3.8, 4) is 0 Å². The smallest absolute Gasteiger partial charge is 0.227 e. The zero-order chi connectivity index (χ0) is 13.7. The largest absolute Gasteiger partial charge is 0.355 e. The number of carbonyl (C=O) groups is 1. The molecule has 0 spiro atoms. The molecule has 0 unspecified atom stereocenters. The molecular formula is C14H24N4O. The van der Waals surface area contributed by atoms with Crippen LogP contribution in [0.25, 0.3) is 0 Å². The molecule has 1 aliphatic carbocycles. The van der Waals surface area contributed by atoms with Gasteiger partial charge in [-0.15, -0.1) is 0 Å². The van der Waals surface area contributed by atoms with Crippen molar-refractivity contribution in [2.45, 2.75) is 38.5 Å². The zero-order valence-corrected chi connectivity index (χ0v) is 11.7. The molecule has 1 heterocycles. The Kier molecular flexibility index (Phi) is 4.58. The summed E-state index contributed by atoms with van der Waals surface area (Å²) in [5.41, 5.74) is 6.69. The van der Waals surface area contributed by atoms with E-state index in [1.165, 1.54) is 6.42 Å². The Morgan fingerprint density at radius 2 is 2.21 bits per heavy atom. The van der Waals surface area contributed by atoms with Gasteiger partial charge in [-0.25, -0.2) is 0 Å². The van der Waals surface area contributed by atoms with E-state index in [0.717, 1.165) is 37.7 Å². The Morgan fingerprint density at radius 1 is 1.47 bits per heavy atom. The van der Waals surface area contributed by atoms with E-state index in [-0.39, 0.29) is 11.3 Å². The number of hydrogen-bond acceptors (Lipinski definition) is 3. The van der Waals surface area contributed by atoms with E-state index in [9.17, 15) is 4.79 Å². The summed E-state index contributed by atoms with van der Waals surface area (Å²) in [4.78, 5) is 12.3. The molecule has 1 aliphatic rings. The van der Waals surface area contributed by atoms with Crippen LogP contribution in [0.1, 0.15) is 37.7 Å². The first kappa shape index (κ1) is 14.1. The summed E-state index contributed by atoms with van der Waals surface area (Å²) in [5.74, 6) is 0.138. The molecule has 0 bridgehead atoms. The highest BCUT2D eigenvalue weighted by atomic mass is 16.2. The topological polar surface area (TPSA) is 72.9 Å². The number of nitrogens with one attached hydrogen (secondary N) is 1. The first-order chi connectivity index (χ1) is 9.16. The first-order valence-corrected chi connectivity index (χ1v) is 7.12. The standard InChI is InChI=1S/C14H24N4O/c1-18-10-12(9-17-18)5-8-16-13(19)14(11-15)6-3-2-4-7-14/h9-10H,2-8,11,15H2,1H3,(H,16,19). The fourth-order valence-corrected chi connectivity index (χ4v) is 2.86. The van der Waals surface area contributed by atoms with Gasteiger partial charge in [0.2, 0.25) is 5.91 Å². The van der Waals surface area contributed by atoms with Crippen molar-refractivity contribution in [2.75, 3.05) is 13.1 Å². The number of carbonyl (C=O) groups excluding carboxylic acids is 1. The lowest BCUT2D eigenvalue weighted by atomic mass is 9.73. The minimum absolute atomic E-state index is 0.138. The molecule has 5 nitrogen and oxygen atoms in total. The predicted octanol–water partition coefficient (Wildman–Crippen LogP) is 0.988. The lowest BCUT2D eigenvalue weighted by Gasteiger charge is -2.34. The summed E-state index contributed by atoms with van der Waals surface area (Å²) < 4.78 is 1.78.